The average molecular weight is 274 g/mol. The molecule has 0 unspecified atom stereocenters. The molecule has 0 amide bonds. The van der Waals surface area contributed by atoms with E-state index in [9.17, 15) is 0 Å². The summed E-state index contributed by atoms with van der Waals surface area (Å²) in [5.74, 6) is 0.752. The molecule has 2 aromatic rings. The number of rotatable bonds is 5. The topological polar surface area (TPSA) is 37.9 Å². The van der Waals surface area contributed by atoms with E-state index in [4.69, 9.17) is 17.0 Å². The summed E-state index contributed by atoms with van der Waals surface area (Å²) >= 11 is 5.18. The molecule has 100 valence electrons. The van der Waals surface area contributed by atoms with E-state index >= 15 is 0 Å². The van der Waals surface area contributed by atoms with Gasteiger partial charge in [-0.3, -0.25) is 0 Å². The molecule has 1 heterocycles. The van der Waals surface area contributed by atoms with Gasteiger partial charge in [0.25, 0.3) is 0 Å². The maximum atomic E-state index is 5.18. The highest BCUT2D eigenvalue weighted by Gasteiger charge is 2.02. The van der Waals surface area contributed by atoms with Crippen LogP contribution in [0.5, 0.6) is 0 Å². The second-order valence-corrected chi connectivity index (χ2v) is 4.88. The van der Waals surface area contributed by atoms with Crippen LogP contribution in [-0.4, -0.2) is 17.1 Å². The van der Waals surface area contributed by atoms with E-state index in [2.05, 4.69) is 41.2 Å². The molecule has 0 radical (unpaired) electrons. The lowest BCUT2D eigenvalue weighted by Gasteiger charge is -2.06. The Balaban J connectivity index is 2.32. The van der Waals surface area contributed by atoms with Crippen LogP contribution in [0.15, 0.2) is 30.3 Å². The van der Waals surface area contributed by atoms with Gasteiger partial charge in [0, 0.05) is 12.8 Å². The molecule has 2 rings (SSSR count). The molecule has 0 atom stereocenters. The molecule has 0 bridgehead atoms. The van der Waals surface area contributed by atoms with Crippen LogP contribution in [-0.2, 0) is 17.8 Å². The number of nitrogens with zero attached hydrogens (tertiary/aromatic N) is 1. The summed E-state index contributed by atoms with van der Waals surface area (Å²) in [6.07, 6.45) is 2.27. The number of hydrogen-bond acceptors (Lipinski definition) is 3. The molecule has 0 aliphatic rings. The van der Waals surface area contributed by atoms with Gasteiger partial charge in [-0.25, -0.2) is 4.98 Å². The third-order valence-corrected chi connectivity index (χ3v) is 3.09. The highest BCUT2D eigenvalue weighted by atomic mass is 32.1. The average Bonchev–Trinajstić information content (AvgIpc) is 2.40. The van der Waals surface area contributed by atoms with Crippen molar-refractivity contribution in [3.8, 4) is 11.3 Å². The van der Waals surface area contributed by atoms with Gasteiger partial charge >= 0.3 is 0 Å². The molecule has 0 saturated carbocycles. The van der Waals surface area contributed by atoms with Crippen LogP contribution in [0.2, 0.25) is 0 Å². The number of aromatic nitrogens is 2. The van der Waals surface area contributed by atoms with Gasteiger partial charge < -0.3 is 9.72 Å². The Morgan fingerprint density at radius 2 is 2.00 bits per heavy atom. The van der Waals surface area contributed by atoms with E-state index in [-0.39, 0.29) is 0 Å². The first-order valence-electron chi connectivity index (χ1n) is 6.41. The molecule has 4 heteroatoms. The molecule has 1 aromatic heterocycles. The normalized spacial score (nSPS) is 10.6. The Morgan fingerprint density at radius 3 is 2.63 bits per heavy atom. The molecule has 0 spiro atoms. The van der Waals surface area contributed by atoms with Crippen molar-refractivity contribution in [3.63, 3.8) is 0 Å². The predicted molar refractivity (Wildman–Crippen MR) is 79.6 cm³/mol. The van der Waals surface area contributed by atoms with Crippen molar-refractivity contribution in [1.82, 2.24) is 9.97 Å². The van der Waals surface area contributed by atoms with Crippen molar-refractivity contribution in [1.29, 1.82) is 0 Å². The zero-order valence-electron chi connectivity index (χ0n) is 11.3. The second-order valence-electron chi connectivity index (χ2n) is 4.46. The van der Waals surface area contributed by atoms with E-state index in [0.717, 1.165) is 29.9 Å². The van der Waals surface area contributed by atoms with E-state index in [1.54, 1.807) is 7.11 Å². The molecular formula is C15H18N2OS. The largest absolute Gasteiger partial charge is 0.377 e. The Bertz CT molecular complexity index is 590. The van der Waals surface area contributed by atoms with Crippen molar-refractivity contribution in [2.75, 3.05) is 7.11 Å². The van der Waals surface area contributed by atoms with Crippen LogP contribution in [0, 0.1) is 4.64 Å². The van der Waals surface area contributed by atoms with Crippen LogP contribution in [0.3, 0.4) is 0 Å². The lowest BCUT2D eigenvalue weighted by Crippen LogP contribution is -1.98. The molecule has 0 aliphatic heterocycles. The quantitative estimate of drug-likeness (QED) is 0.840. The summed E-state index contributed by atoms with van der Waals surface area (Å²) in [6, 6.07) is 10.4. The van der Waals surface area contributed by atoms with E-state index in [0.29, 0.717) is 11.2 Å². The summed E-state index contributed by atoms with van der Waals surface area (Å²) in [4.78, 5) is 7.48. The number of nitrogens with one attached hydrogen (secondary N) is 1. The van der Waals surface area contributed by atoms with Gasteiger partial charge in [-0.15, -0.1) is 0 Å². The lowest BCUT2D eigenvalue weighted by atomic mass is 10.1. The highest BCUT2D eigenvalue weighted by molar-refractivity contribution is 7.71. The van der Waals surface area contributed by atoms with E-state index in [1.807, 2.05) is 6.07 Å². The van der Waals surface area contributed by atoms with Crippen molar-refractivity contribution in [3.05, 3.63) is 46.4 Å². The van der Waals surface area contributed by atoms with Crippen molar-refractivity contribution in [2.24, 2.45) is 0 Å². The van der Waals surface area contributed by atoms with Crippen LogP contribution < -0.4 is 0 Å². The van der Waals surface area contributed by atoms with Gasteiger partial charge in [0.15, 0.2) is 0 Å². The fraction of sp³-hybridized carbons (Fsp3) is 0.333. The Kier molecular flexibility index (Phi) is 4.82. The van der Waals surface area contributed by atoms with Crippen molar-refractivity contribution >= 4 is 12.2 Å². The maximum Gasteiger partial charge on any atom is 0.134 e. The summed E-state index contributed by atoms with van der Waals surface area (Å²) in [7, 11) is 1.64. The van der Waals surface area contributed by atoms with E-state index < -0.39 is 0 Å². The molecule has 0 fully saturated rings. The van der Waals surface area contributed by atoms with Crippen LogP contribution in [0.4, 0.5) is 0 Å². The van der Waals surface area contributed by atoms with Gasteiger partial charge in [-0.2, -0.15) is 0 Å². The predicted octanol–water partition coefficient (Wildman–Crippen LogP) is 3.91. The van der Waals surface area contributed by atoms with Gasteiger partial charge in [0.1, 0.15) is 17.1 Å². The van der Waals surface area contributed by atoms with Crippen LogP contribution in [0.25, 0.3) is 11.3 Å². The molecule has 19 heavy (non-hydrogen) atoms. The van der Waals surface area contributed by atoms with Gasteiger partial charge in [-0.05, 0) is 23.6 Å². The smallest absolute Gasteiger partial charge is 0.134 e. The zero-order valence-corrected chi connectivity index (χ0v) is 12.1. The van der Waals surface area contributed by atoms with Crippen LogP contribution >= 0.6 is 12.2 Å². The number of aryl methyl sites for hydroxylation is 1. The van der Waals surface area contributed by atoms with Crippen molar-refractivity contribution < 1.29 is 4.74 Å². The minimum absolute atomic E-state index is 0.436. The lowest BCUT2D eigenvalue weighted by molar-refractivity contribution is 0.177. The fourth-order valence-corrected chi connectivity index (χ4v) is 2.24. The molecule has 0 saturated heterocycles. The third kappa shape index (κ3) is 3.72. The number of methoxy groups -OCH3 is 1. The third-order valence-electron chi connectivity index (χ3n) is 2.88. The second kappa shape index (κ2) is 6.59. The summed E-state index contributed by atoms with van der Waals surface area (Å²) in [6.45, 7) is 2.62. The first-order chi connectivity index (χ1) is 9.22. The summed E-state index contributed by atoms with van der Waals surface area (Å²) in [5, 5.41) is 0. The number of benzene rings is 1. The van der Waals surface area contributed by atoms with Gasteiger partial charge in [-0.1, -0.05) is 49.8 Å². The Hall–Kier alpha value is -1.52. The highest BCUT2D eigenvalue weighted by Crippen LogP contribution is 2.18. The molecule has 1 aromatic carbocycles. The SMILES string of the molecule is CCCc1ccc(-c2cc(=S)nc(COC)[nH]2)cc1. The summed E-state index contributed by atoms with van der Waals surface area (Å²) in [5.41, 5.74) is 3.46. The standard InChI is InChI=1S/C15H18N2OS/c1-3-4-11-5-7-12(8-6-11)13-9-15(19)17-14(16-13)10-18-2/h5-9H,3-4,10H2,1-2H3,(H,16,17,19). The minimum atomic E-state index is 0.436. The van der Waals surface area contributed by atoms with Gasteiger partial charge in [0.2, 0.25) is 0 Å². The molecule has 3 nitrogen and oxygen atoms in total. The molecular weight excluding hydrogens is 256 g/mol. The molecule has 0 aliphatic carbocycles. The number of aromatic amines is 1. The minimum Gasteiger partial charge on any atom is -0.377 e. The van der Waals surface area contributed by atoms with Crippen molar-refractivity contribution in [2.45, 2.75) is 26.4 Å². The Morgan fingerprint density at radius 1 is 1.26 bits per heavy atom. The number of H-pyrrole nitrogens is 1. The fourth-order valence-electron chi connectivity index (χ4n) is 2.01. The summed E-state index contributed by atoms with van der Waals surface area (Å²) < 4.78 is 5.67. The first-order valence-corrected chi connectivity index (χ1v) is 6.82. The van der Waals surface area contributed by atoms with Crippen LogP contribution in [0.1, 0.15) is 24.7 Å². The monoisotopic (exact) mass is 274 g/mol. The number of ether oxygens (including phenoxy) is 1. The Labute approximate surface area is 118 Å². The zero-order chi connectivity index (χ0) is 13.7. The first kappa shape index (κ1) is 13.9. The van der Waals surface area contributed by atoms with Gasteiger partial charge in [0.05, 0.1) is 0 Å². The molecule has 1 N–H and O–H groups in total. The maximum absolute atomic E-state index is 5.18. The number of hydrogen-bond donors (Lipinski definition) is 1. The van der Waals surface area contributed by atoms with E-state index in [1.165, 1.54) is 5.56 Å².